The normalized spacial score (nSPS) is 23.9. The molecule has 3 nitrogen and oxygen atoms in total. The molecule has 130 valence electrons. The number of rotatable bonds is 5. The van der Waals surface area contributed by atoms with Crippen molar-refractivity contribution in [3.8, 4) is 0 Å². The van der Waals surface area contributed by atoms with E-state index in [1.807, 2.05) is 0 Å². The second kappa shape index (κ2) is 7.47. The molecule has 0 bridgehead atoms. The van der Waals surface area contributed by atoms with Gasteiger partial charge in [0.15, 0.2) is 8.32 Å². The van der Waals surface area contributed by atoms with Crippen molar-refractivity contribution in [3.63, 3.8) is 0 Å². The Labute approximate surface area is 143 Å². The lowest BCUT2D eigenvalue weighted by atomic mass is 9.98. The third-order valence-corrected chi connectivity index (χ3v) is 10.0. The average Bonchev–Trinajstić information content (AvgIpc) is 2.46. The van der Waals surface area contributed by atoms with Gasteiger partial charge in [0.25, 0.3) is 0 Å². The van der Waals surface area contributed by atoms with Gasteiger partial charge in [-0.1, -0.05) is 51.1 Å². The van der Waals surface area contributed by atoms with Gasteiger partial charge in [-0.05, 0) is 36.5 Å². The molecule has 1 heterocycles. The molecule has 1 aliphatic heterocycles. The van der Waals surface area contributed by atoms with E-state index in [-0.39, 0.29) is 5.04 Å². The minimum atomic E-state index is -1.69. The molecule has 1 aromatic carbocycles. The van der Waals surface area contributed by atoms with E-state index >= 15 is 0 Å². The summed E-state index contributed by atoms with van der Waals surface area (Å²) in [4.78, 5) is 2.52. The molecule has 23 heavy (non-hydrogen) atoms. The van der Waals surface area contributed by atoms with Crippen LogP contribution in [0.5, 0.6) is 0 Å². The zero-order valence-corrected chi connectivity index (χ0v) is 16.5. The van der Waals surface area contributed by atoms with Crippen LogP contribution in [-0.4, -0.2) is 38.5 Å². The van der Waals surface area contributed by atoms with Gasteiger partial charge in [0, 0.05) is 31.8 Å². The predicted octanol–water partition coefficient (Wildman–Crippen LogP) is 4.00. The summed E-state index contributed by atoms with van der Waals surface area (Å²) in [7, 11) is -1.69. The zero-order valence-electron chi connectivity index (χ0n) is 15.5. The Hall–Kier alpha value is -0.683. The first-order valence-electron chi connectivity index (χ1n) is 8.86. The molecule has 2 rings (SSSR count). The summed E-state index contributed by atoms with van der Waals surface area (Å²) in [5, 5.41) is 0.266. The van der Waals surface area contributed by atoms with Gasteiger partial charge in [-0.15, -0.1) is 0 Å². The van der Waals surface area contributed by atoms with E-state index < -0.39 is 8.32 Å². The Morgan fingerprint density at radius 1 is 1.17 bits per heavy atom. The smallest absolute Gasteiger partial charge is 0.192 e. The maximum atomic E-state index is 6.49. The van der Waals surface area contributed by atoms with Crippen molar-refractivity contribution in [2.75, 3.05) is 13.2 Å². The van der Waals surface area contributed by atoms with Crippen LogP contribution >= 0.6 is 0 Å². The topological polar surface area (TPSA) is 38.5 Å². The fourth-order valence-electron chi connectivity index (χ4n) is 2.85. The first kappa shape index (κ1) is 18.7. The molecular weight excluding hydrogens is 300 g/mol. The van der Waals surface area contributed by atoms with Crippen LogP contribution in [0, 0.1) is 0 Å². The van der Waals surface area contributed by atoms with Gasteiger partial charge in [0.2, 0.25) is 0 Å². The third-order valence-electron chi connectivity index (χ3n) is 5.53. The number of nitrogens with zero attached hydrogens (tertiary/aromatic N) is 1. The van der Waals surface area contributed by atoms with Crippen LogP contribution in [0.15, 0.2) is 30.3 Å². The quantitative estimate of drug-likeness (QED) is 0.827. The highest BCUT2D eigenvalue weighted by Crippen LogP contribution is 2.37. The van der Waals surface area contributed by atoms with Crippen LogP contribution in [0.3, 0.4) is 0 Å². The molecule has 0 aliphatic carbocycles. The van der Waals surface area contributed by atoms with Gasteiger partial charge in [-0.25, -0.2) is 0 Å². The van der Waals surface area contributed by atoms with Crippen LogP contribution in [0.4, 0.5) is 0 Å². The molecule has 1 aromatic rings. The van der Waals surface area contributed by atoms with Gasteiger partial charge >= 0.3 is 0 Å². The predicted molar refractivity (Wildman–Crippen MR) is 101 cm³/mol. The Kier molecular flexibility index (Phi) is 6.06. The number of likely N-dealkylation sites (tertiary alicyclic amines) is 1. The molecule has 4 heteroatoms. The number of hydrogen-bond acceptors (Lipinski definition) is 3. The summed E-state index contributed by atoms with van der Waals surface area (Å²) in [6, 6.07) is 11.5. The van der Waals surface area contributed by atoms with Crippen LogP contribution in [0.1, 0.15) is 39.2 Å². The van der Waals surface area contributed by atoms with E-state index in [4.69, 9.17) is 10.2 Å². The SMILES string of the molecule is CC(C)(C)[Si](C)(C)OC[C@H]1CC[C@H](N)CN1Cc1ccccc1. The summed E-state index contributed by atoms with van der Waals surface area (Å²) >= 11 is 0. The van der Waals surface area contributed by atoms with Crippen molar-refractivity contribution in [1.82, 2.24) is 4.90 Å². The van der Waals surface area contributed by atoms with Gasteiger partial charge < -0.3 is 10.2 Å². The molecule has 1 fully saturated rings. The monoisotopic (exact) mass is 334 g/mol. The second-order valence-corrected chi connectivity index (χ2v) is 13.3. The minimum absolute atomic E-state index is 0.266. The molecule has 0 spiro atoms. The van der Waals surface area contributed by atoms with E-state index in [1.54, 1.807) is 0 Å². The fourth-order valence-corrected chi connectivity index (χ4v) is 3.89. The van der Waals surface area contributed by atoms with E-state index in [0.717, 1.165) is 32.5 Å². The van der Waals surface area contributed by atoms with Crippen molar-refractivity contribution < 1.29 is 4.43 Å². The summed E-state index contributed by atoms with van der Waals surface area (Å²) < 4.78 is 6.49. The van der Waals surface area contributed by atoms with E-state index in [9.17, 15) is 0 Å². The van der Waals surface area contributed by atoms with Crippen LogP contribution in [0.2, 0.25) is 18.1 Å². The highest BCUT2D eigenvalue weighted by Gasteiger charge is 2.38. The maximum absolute atomic E-state index is 6.49. The molecule has 2 N–H and O–H groups in total. The third kappa shape index (κ3) is 5.15. The second-order valence-electron chi connectivity index (χ2n) is 8.48. The molecule has 2 atom stereocenters. The molecular formula is C19H34N2OSi. The largest absolute Gasteiger partial charge is 0.415 e. The fraction of sp³-hybridized carbons (Fsp3) is 0.684. The zero-order chi connectivity index (χ0) is 17.1. The Bertz CT molecular complexity index is 484. The number of hydrogen-bond donors (Lipinski definition) is 1. The molecule has 0 saturated carbocycles. The van der Waals surface area contributed by atoms with E-state index in [1.165, 1.54) is 5.56 Å². The van der Waals surface area contributed by atoms with Crippen LogP contribution < -0.4 is 5.73 Å². The molecule has 1 aliphatic rings. The summed E-state index contributed by atoms with van der Waals surface area (Å²) in [5.74, 6) is 0. The van der Waals surface area contributed by atoms with Crippen molar-refractivity contribution in [1.29, 1.82) is 0 Å². The minimum Gasteiger partial charge on any atom is -0.415 e. The Morgan fingerprint density at radius 2 is 1.83 bits per heavy atom. The molecule has 0 radical (unpaired) electrons. The number of benzene rings is 1. The Balaban J connectivity index is 2.00. The molecule has 0 amide bonds. The maximum Gasteiger partial charge on any atom is 0.192 e. The van der Waals surface area contributed by atoms with Crippen LogP contribution in [0.25, 0.3) is 0 Å². The number of piperidine rings is 1. The Morgan fingerprint density at radius 3 is 2.43 bits per heavy atom. The summed E-state index contributed by atoms with van der Waals surface area (Å²) in [6.07, 6.45) is 2.25. The van der Waals surface area contributed by atoms with Crippen LogP contribution in [-0.2, 0) is 11.0 Å². The molecule has 0 unspecified atom stereocenters. The van der Waals surface area contributed by atoms with Crippen molar-refractivity contribution in [2.24, 2.45) is 5.73 Å². The summed E-state index contributed by atoms with van der Waals surface area (Å²) in [6.45, 7) is 14.4. The first-order valence-corrected chi connectivity index (χ1v) is 11.8. The average molecular weight is 335 g/mol. The van der Waals surface area contributed by atoms with E-state index in [0.29, 0.717) is 12.1 Å². The van der Waals surface area contributed by atoms with Gasteiger partial charge in [0.1, 0.15) is 0 Å². The van der Waals surface area contributed by atoms with Crippen molar-refractivity contribution in [2.45, 2.75) is 70.4 Å². The lowest BCUT2D eigenvalue weighted by Gasteiger charge is -2.42. The van der Waals surface area contributed by atoms with Gasteiger partial charge in [-0.2, -0.15) is 0 Å². The standard InChI is InChI=1S/C19H34N2OSi/c1-19(2,3)23(4,5)22-15-18-12-11-17(20)14-21(18)13-16-9-7-6-8-10-16/h6-10,17-18H,11-15,20H2,1-5H3/t17-,18+/m0/s1. The first-order chi connectivity index (χ1) is 10.7. The highest BCUT2D eigenvalue weighted by atomic mass is 28.4. The lowest BCUT2D eigenvalue weighted by Crippen LogP contribution is -2.52. The molecule has 0 aromatic heterocycles. The van der Waals surface area contributed by atoms with E-state index in [2.05, 4.69) is 69.1 Å². The number of nitrogens with two attached hydrogens (primary N) is 1. The van der Waals surface area contributed by atoms with Gasteiger partial charge in [0.05, 0.1) is 0 Å². The van der Waals surface area contributed by atoms with Crippen molar-refractivity contribution >= 4 is 8.32 Å². The van der Waals surface area contributed by atoms with Gasteiger partial charge in [-0.3, -0.25) is 4.90 Å². The molecule has 1 saturated heterocycles. The lowest BCUT2D eigenvalue weighted by molar-refractivity contribution is 0.0788. The summed E-state index contributed by atoms with van der Waals surface area (Å²) in [5.41, 5.74) is 7.58. The van der Waals surface area contributed by atoms with Crippen molar-refractivity contribution in [3.05, 3.63) is 35.9 Å². The highest BCUT2D eigenvalue weighted by molar-refractivity contribution is 6.74.